The third-order valence-electron chi connectivity index (χ3n) is 4.19. The highest BCUT2D eigenvalue weighted by molar-refractivity contribution is 5.86. The Balaban J connectivity index is 2.11. The molecule has 0 aromatic heterocycles. The maximum absolute atomic E-state index is 12.9. The summed E-state index contributed by atoms with van der Waals surface area (Å²) >= 11 is 0. The number of rotatable bonds is 7. The van der Waals surface area contributed by atoms with Crippen LogP contribution in [-0.2, 0) is 24.1 Å². The van der Waals surface area contributed by atoms with E-state index in [1.807, 2.05) is 0 Å². The first-order valence-corrected chi connectivity index (χ1v) is 9.18. The van der Waals surface area contributed by atoms with Crippen LogP contribution in [0.5, 0.6) is 0 Å². The number of guanidine groups is 1. The number of hydrogen-bond donors (Lipinski definition) is 2. The molecule has 8 nitrogen and oxygen atoms in total. The molecule has 0 aliphatic rings. The lowest BCUT2D eigenvalue weighted by Crippen LogP contribution is -2.42. The van der Waals surface area contributed by atoms with Crippen molar-refractivity contribution in [2.45, 2.75) is 19.3 Å². The molecule has 0 radical (unpaired) electrons. The van der Waals surface area contributed by atoms with Crippen LogP contribution in [0.4, 0.5) is 18.9 Å². The Labute approximate surface area is 176 Å². The van der Waals surface area contributed by atoms with Crippen LogP contribution in [0.15, 0.2) is 53.5 Å². The summed E-state index contributed by atoms with van der Waals surface area (Å²) in [6.45, 7) is 0.125. The topological polar surface area (TPSA) is 99.9 Å². The van der Waals surface area contributed by atoms with E-state index in [9.17, 15) is 28.1 Å². The van der Waals surface area contributed by atoms with Crippen LogP contribution in [0, 0.1) is 10.1 Å². The van der Waals surface area contributed by atoms with E-state index in [0.717, 1.165) is 17.7 Å². The zero-order valence-electron chi connectivity index (χ0n) is 16.9. The summed E-state index contributed by atoms with van der Waals surface area (Å²) in [6.07, 6.45) is -4.45. The number of nitrogens with one attached hydrogen (secondary N) is 2. The molecule has 0 atom stereocenters. The number of benzene rings is 2. The lowest BCUT2D eigenvalue weighted by atomic mass is 10.1. The van der Waals surface area contributed by atoms with Gasteiger partial charge < -0.3 is 15.5 Å². The number of nitrogens with zero attached hydrogens (tertiary/aromatic N) is 3. The standard InChI is InChI=1S/C20H22F3N5O3/c1-27(2)18(29)13-26-19(24-11-14-6-8-17(9-7-14)28(30)31)25-12-15-4-3-5-16(10-15)20(21,22)23/h3-10H,11-13H2,1-2H3,(H2,24,25,26). The van der Waals surface area contributed by atoms with Crippen molar-refractivity contribution in [2.24, 2.45) is 4.99 Å². The maximum Gasteiger partial charge on any atom is 0.416 e. The Hall–Kier alpha value is -3.63. The Morgan fingerprint density at radius 3 is 2.35 bits per heavy atom. The number of nitro benzene ring substituents is 1. The van der Waals surface area contributed by atoms with E-state index in [2.05, 4.69) is 15.6 Å². The third-order valence-corrected chi connectivity index (χ3v) is 4.19. The molecule has 0 bridgehead atoms. The summed E-state index contributed by atoms with van der Waals surface area (Å²) in [5, 5.41) is 16.5. The first kappa shape index (κ1) is 23.6. The minimum Gasteiger partial charge on any atom is -0.352 e. The molecule has 0 fully saturated rings. The summed E-state index contributed by atoms with van der Waals surface area (Å²) in [6, 6.07) is 10.7. The molecule has 31 heavy (non-hydrogen) atoms. The van der Waals surface area contributed by atoms with E-state index in [4.69, 9.17) is 0 Å². The number of likely N-dealkylation sites (N-methyl/N-ethyl adjacent to an activating group) is 1. The second kappa shape index (κ2) is 10.4. The lowest BCUT2D eigenvalue weighted by molar-refractivity contribution is -0.384. The minimum absolute atomic E-state index is 0.0445. The van der Waals surface area contributed by atoms with E-state index in [1.165, 1.54) is 29.2 Å². The number of alkyl halides is 3. The summed E-state index contributed by atoms with van der Waals surface area (Å²) in [5.74, 6) is -0.00475. The smallest absolute Gasteiger partial charge is 0.352 e. The number of halogens is 3. The molecule has 2 aromatic rings. The molecule has 2 aromatic carbocycles. The zero-order chi connectivity index (χ0) is 23.0. The van der Waals surface area contributed by atoms with Crippen LogP contribution in [0.25, 0.3) is 0 Å². The van der Waals surface area contributed by atoms with Crippen molar-refractivity contribution >= 4 is 17.6 Å². The van der Waals surface area contributed by atoms with Crippen LogP contribution < -0.4 is 10.6 Å². The summed E-state index contributed by atoms with van der Waals surface area (Å²) in [7, 11) is 3.18. The van der Waals surface area contributed by atoms with Crippen molar-refractivity contribution in [1.82, 2.24) is 15.5 Å². The number of carbonyl (C=O) groups is 1. The summed E-state index contributed by atoms with van der Waals surface area (Å²) in [4.78, 5) is 27.7. The molecule has 0 spiro atoms. The van der Waals surface area contributed by atoms with E-state index < -0.39 is 16.7 Å². The van der Waals surface area contributed by atoms with Crippen LogP contribution >= 0.6 is 0 Å². The van der Waals surface area contributed by atoms with Crippen molar-refractivity contribution < 1.29 is 22.9 Å². The van der Waals surface area contributed by atoms with Gasteiger partial charge in [0.1, 0.15) is 0 Å². The quantitative estimate of drug-likeness (QED) is 0.300. The molecule has 2 N–H and O–H groups in total. The molecule has 0 heterocycles. The number of hydrogen-bond acceptors (Lipinski definition) is 4. The van der Waals surface area contributed by atoms with Gasteiger partial charge in [0.25, 0.3) is 5.69 Å². The Morgan fingerprint density at radius 2 is 1.77 bits per heavy atom. The van der Waals surface area contributed by atoms with Crippen LogP contribution in [0.1, 0.15) is 16.7 Å². The maximum atomic E-state index is 12.9. The van der Waals surface area contributed by atoms with Crippen molar-refractivity contribution in [3.05, 3.63) is 75.3 Å². The molecule has 0 saturated carbocycles. The van der Waals surface area contributed by atoms with Gasteiger partial charge in [-0.25, -0.2) is 4.99 Å². The second-order valence-electron chi connectivity index (χ2n) is 6.78. The molecular formula is C20H22F3N5O3. The molecule has 0 unspecified atom stereocenters. The first-order valence-electron chi connectivity index (χ1n) is 9.18. The first-order chi connectivity index (χ1) is 14.6. The number of amides is 1. The predicted molar refractivity (Wildman–Crippen MR) is 109 cm³/mol. The SMILES string of the molecule is CN(C)C(=O)CNC(=NCc1cccc(C(F)(F)F)c1)NCc1ccc([N+](=O)[O-])cc1. The van der Waals surface area contributed by atoms with E-state index in [1.54, 1.807) is 26.2 Å². The highest BCUT2D eigenvalue weighted by Gasteiger charge is 2.30. The molecule has 166 valence electrons. The van der Waals surface area contributed by atoms with E-state index >= 15 is 0 Å². The zero-order valence-corrected chi connectivity index (χ0v) is 16.9. The van der Waals surface area contributed by atoms with Gasteiger partial charge in [0.15, 0.2) is 5.96 Å². The largest absolute Gasteiger partial charge is 0.416 e. The molecular weight excluding hydrogens is 415 g/mol. The van der Waals surface area contributed by atoms with Gasteiger partial charge in [0, 0.05) is 32.8 Å². The van der Waals surface area contributed by atoms with E-state index in [-0.39, 0.29) is 37.2 Å². The van der Waals surface area contributed by atoms with Crippen molar-refractivity contribution in [3.8, 4) is 0 Å². The lowest BCUT2D eigenvalue weighted by Gasteiger charge is -2.15. The van der Waals surface area contributed by atoms with Crippen molar-refractivity contribution in [1.29, 1.82) is 0 Å². The minimum atomic E-state index is -4.45. The number of nitro groups is 1. The third kappa shape index (κ3) is 7.61. The van der Waals surface area contributed by atoms with Crippen LogP contribution in [-0.4, -0.2) is 42.3 Å². The average Bonchev–Trinajstić information content (AvgIpc) is 2.72. The van der Waals surface area contributed by atoms with Gasteiger partial charge in [-0.05, 0) is 23.3 Å². The van der Waals surface area contributed by atoms with Gasteiger partial charge >= 0.3 is 6.18 Å². The molecule has 0 aliphatic carbocycles. The fourth-order valence-electron chi connectivity index (χ4n) is 2.43. The van der Waals surface area contributed by atoms with Gasteiger partial charge in [-0.15, -0.1) is 0 Å². The number of non-ortho nitro benzene ring substituents is 1. The molecule has 0 aliphatic heterocycles. The fraction of sp³-hybridized carbons (Fsp3) is 0.300. The number of aliphatic imine (C=N–C) groups is 1. The Kier molecular flexibility index (Phi) is 7.94. The predicted octanol–water partition coefficient (Wildman–Crippen LogP) is 2.94. The van der Waals surface area contributed by atoms with Crippen molar-refractivity contribution in [2.75, 3.05) is 20.6 Å². The van der Waals surface area contributed by atoms with Crippen LogP contribution in [0.3, 0.4) is 0 Å². The average molecular weight is 437 g/mol. The molecule has 11 heteroatoms. The van der Waals surface area contributed by atoms with E-state index in [0.29, 0.717) is 5.56 Å². The van der Waals surface area contributed by atoms with Gasteiger partial charge in [-0.2, -0.15) is 13.2 Å². The van der Waals surface area contributed by atoms with Gasteiger partial charge in [0.2, 0.25) is 5.91 Å². The monoisotopic (exact) mass is 437 g/mol. The Bertz CT molecular complexity index is 944. The summed E-state index contributed by atoms with van der Waals surface area (Å²) in [5.41, 5.74) is 0.261. The van der Waals surface area contributed by atoms with Gasteiger partial charge in [0.05, 0.1) is 23.6 Å². The van der Waals surface area contributed by atoms with Crippen molar-refractivity contribution in [3.63, 3.8) is 0 Å². The van der Waals surface area contributed by atoms with Gasteiger partial charge in [-0.3, -0.25) is 14.9 Å². The molecule has 1 amide bonds. The second-order valence-corrected chi connectivity index (χ2v) is 6.78. The summed E-state index contributed by atoms with van der Waals surface area (Å²) < 4.78 is 38.7. The van der Waals surface area contributed by atoms with Crippen LogP contribution in [0.2, 0.25) is 0 Å². The molecule has 2 rings (SSSR count). The molecule has 0 saturated heterocycles. The fourth-order valence-corrected chi connectivity index (χ4v) is 2.43. The highest BCUT2D eigenvalue weighted by atomic mass is 19.4. The normalized spacial score (nSPS) is 11.7. The van der Waals surface area contributed by atoms with Gasteiger partial charge in [-0.1, -0.05) is 24.3 Å². The highest BCUT2D eigenvalue weighted by Crippen LogP contribution is 2.29. The number of carbonyl (C=O) groups excluding carboxylic acids is 1. The Morgan fingerprint density at radius 1 is 1.10 bits per heavy atom.